The predicted molar refractivity (Wildman–Crippen MR) is 126 cm³/mol. The summed E-state index contributed by atoms with van der Waals surface area (Å²) in [6.07, 6.45) is 0. The number of carbonyl (C=O) groups excluding carboxylic acids is 1. The van der Waals surface area contributed by atoms with E-state index in [1.54, 1.807) is 24.1 Å². The van der Waals surface area contributed by atoms with E-state index in [1.165, 1.54) is 18.2 Å². The summed E-state index contributed by atoms with van der Waals surface area (Å²) in [7, 11) is 1.58. The highest BCUT2D eigenvalue weighted by atomic mass is 35.5. The molecule has 1 aromatic heterocycles. The molecule has 5 rings (SSSR count). The first-order valence-corrected chi connectivity index (χ1v) is 10.9. The number of hydrogen-bond acceptors (Lipinski definition) is 5. The van der Waals surface area contributed by atoms with Crippen LogP contribution in [0.15, 0.2) is 66.7 Å². The van der Waals surface area contributed by atoms with Crippen molar-refractivity contribution in [3.05, 3.63) is 94.4 Å². The van der Waals surface area contributed by atoms with Crippen molar-refractivity contribution < 1.29 is 23.4 Å². The van der Waals surface area contributed by atoms with E-state index in [0.717, 1.165) is 10.9 Å². The molecule has 172 valence electrons. The van der Waals surface area contributed by atoms with Crippen molar-refractivity contribution in [3.8, 4) is 17.2 Å². The standard InChI is InChI=1S/C26H20ClFN2O4/c1-32-22-8-3-2-5-17(22)13-30(26(31)16-6-4-7-20(28)10-16)14-19-9-18-11-23-24(34-15-33-23)12-21(18)29-25(19)27/h2-12H,13-15H2,1H3. The summed E-state index contributed by atoms with van der Waals surface area (Å²) in [5.74, 6) is 1.07. The zero-order valence-electron chi connectivity index (χ0n) is 18.3. The number of carbonyl (C=O) groups is 1. The third-order valence-electron chi connectivity index (χ3n) is 5.61. The Labute approximate surface area is 200 Å². The van der Waals surface area contributed by atoms with Gasteiger partial charge >= 0.3 is 0 Å². The lowest BCUT2D eigenvalue weighted by atomic mass is 10.1. The van der Waals surface area contributed by atoms with Gasteiger partial charge in [0.1, 0.15) is 16.7 Å². The molecule has 0 aliphatic carbocycles. The van der Waals surface area contributed by atoms with E-state index in [-0.39, 0.29) is 36.5 Å². The van der Waals surface area contributed by atoms with Crippen molar-refractivity contribution in [1.82, 2.24) is 9.88 Å². The van der Waals surface area contributed by atoms with Gasteiger partial charge in [0, 0.05) is 41.2 Å². The van der Waals surface area contributed by atoms with Crippen molar-refractivity contribution in [2.75, 3.05) is 13.9 Å². The number of rotatable bonds is 6. The van der Waals surface area contributed by atoms with Gasteiger partial charge in [-0.15, -0.1) is 0 Å². The molecule has 1 aliphatic heterocycles. The third-order valence-corrected chi connectivity index (χ3v) is 5.94. The molecule has 0 radical (unpaired) electrons. The van der Waals surface area contributed by atoms with Crippen LogP contribution >= 0.6 is 11.6 Å². The van der Waals surface area contributed by atoms with Gasteiger partial charge in [-0.3, -0.25) is 4.79 Å². The van der Waals surface area contributed by atoms with Crippen LogP contribution in [0.25, 0.3) is 10.9 Å². The number of benzene rings is 3. The Morgan fingerprint density at radius 1 is 1.03 bits per heavy atom. The Hall–Kier alpha value is -3.84. The van der Waals surface area contributed by atoms with Gasteiger partial charge in [-0.2, -0.15) is 0 Å². The Kier molecular flexibility index (Phi) is 5.94. The van der Waals surface area contributed by atoms with Crippen molar-refractivity contribution in [1.29, 1.82) is 0 Å². The van der Waals surface area contributed by atoms with Gasteiger partial charge in [0.25, 0.3) is 5.91 Å². The van der Waals surface area contributed by atoms with Crippen molar-refractivity contribution in [2.45, 2.75) is 13.1 Å². The van der Waals surface area contributed by atoms with Crippen LogP contribution in [0.1, 0.15) is 21.5 Å². The molecule has 0 atom stereocenters. The van der Waals surface area contributed by atoms with Gasteiger partial charge in [0.2, 0.25) is 6.79 Å². The van der Waals surface area contributed by atoms with E-state index in [0.29, 0.717) is 28.3 Å². The SMILES string of the molecule is COc1ccccc1CN(Cc1cc2cc3c(cc2nc1Cl)OCO3)C(=O)c1cccc(F)c1. The maximum absolute atomic E-state index is 13.9. The molecular weight excluding hydrogens is 459 g/mol. The van der Waals surface area contributed by atoms with E-state index in [2.05, 4.69) is 4.98 Å². The van der Waals surface area contributed by atoms with E-state index in [1.807, 2.05) is 36.4 Å². The van der Waals surface area contributed by atoms with Crippen molar-refractivity contribution in [3.63, 3.8) is 0 Å². The molecule has 3 aromatic carbocycles. The quantitative estimate of drug-likeness (QED) is 0.337. The second kappa shape index (κ2) is 9.19. The number of halogens is 2. The zero-order chi connectivity index (χ0) is 23.7. The van der Waals surface area contributed by atoms with Crippen LogP contribution < -0.4 is 14.2 Å². The molecule has 0 fully saturated rings. The molecule has 0 unspecified atom stereocenters. The molecular formula is C26H20ClFN2O4. The van der Waals surface area contributed by atoms with Crippen LogP contribution in [0.3, 0.4) is 0 Å². The molecule has 2 heterocycles. The van der Waals surface area contributed by atoms with Gasteiger partial charge in [0.15, 0.2) is 11.5 Å². The maximum Gasteiger partial charge on any atom is 0.254 e. The minimum absolute atomic E-state index is 0.154. The van der Waals surface area contributed by atoms with Gasteiger partial charge in [0.05, 0.1) is 12.6 Å². The van der Waals surface area contributed by atoms with Crippen LogP contribution in [0.4, 0.5) is 4.39 Å². The van der Waals surface area contributed by atoms with Gasteiger partial charge in [-0.1, -0.05) is 35.9 Å². The fraction of sp³-hybridized carbons (Fsp3) is 0.154. The van der Waals surface area contributed by atoms with E-state index >= 15 is 0 Å². The predicted octanol–water partition coefficient (Wildman–Crippen LogP) is 5.61. The minimum Gasteiger partial charge on any atom is -0.496 e. The largest absolute Gasteiger partial charge is 0.496 e. The first-order chi connectivity index (χ1) is 16.5. The Morgan fingerprint density at radius 2 is 1.79 bits per heavy atom. The number of pyridine rings is 1. The number of para-hydroxylation sites is 1. The average molecular weight is 479 g/mol. The lowest BCUT2D eigenvalue weighted by Gasteiger charge is -2.24. The molecule has 0 bridgehead atoms. The highest BCUT2D eigenvalue weighted by Gasteiger charge is 2.22. The molecule has 8 heteroatoms. The molecule has 0 saturated carbocycles. The van der Waals surface area contributed by atoms with Crippen molar-refractivity contribution in [2.24, 2.45) is 0 Å². The van der Waals surface area contributed by atoms with Gasteiger partial charge < -0.3 is 19.1 Å². The van der Waals surface area contributed by atoms with Crippen molar-refractivity contribution >= 4 is 28.4 Å². The smallest absolute Gasteiger partial charge is 0.254 e. The summed E-state index contributed by atoms with van der Waals surface area (Å²) in [6.45, 7) is 0.541. The second-order valence-corrected chi connectivity index (χ2v) is 8.18. The summed E-state index contributed by atoms with van der Waals surface area (Å²) < 4.78 is 30.2. The molecule has 6 nitrogen and oxygen atoms in total. The van der Waals surface area contributed by atoms with Crippen LogP contribution in [0.2, 0.25) is 5.15 Å². The summed E-state index contributed by atoms with van der Waals surface area (Å²) in [5.41, 5.74) is 2.35. The van der Waals surface area contributed by atoms with E-state index in [9.17, 15) is 9.18 Å². The number of aromatic nitrogens is 1. The summed E-state index contributed by atoms with van der Waals surface area (Å²) in [5, 5.41) is 1.07. The number of methoxy groups -OCH3 is 1. The molecule has 0 N–H and O–H groups in total. The maximum atomic E-state index is 13.9. The second-order valence-electron chi connectivity index (χ2n) is 7.82. The minimum atomic E-state index is -0.482. The normalized spacial score (nSPS) is 12.1. The highest BCUT2D eigenvalue weighted by Crippen LogP contribution is 2.37. The fourth-order valence-corrected chi connectivity index (χ4v) is 4.15. The first-order valence-electron chi connectivity index (χ1n) is 10.6. The molecule has 0 saturated heterocycles. The average Bonchev–Trinajstić information content (AvgIpc) is 3.29. The molecule has 34 heavy (non-hydrogen) atoms. The summed E-state index contributed by atoms with van der Waals surface area (Å²) in [4.78, 5) is 19.5. The summed E-state index contributed by atoms with van der Waals surface area (Å²) >= 11 is 6.53. The lowest BCUT2D eigenvalue weighted by molar-refractivity contribution is 0.0728. The van der Waals surface area contributed by atoms with Crippen LogP contribution in [-0.2, 0) is 13.1 Å². The van der Waals surface area contributed by atoms with Gasteiger partial charge in [-0.25, -0.2) is 9.37 Å². The topological polar surface area (TPSA) is 60.9 Å². The monoisotopic (exact) mass is 478 g/mol. The number of nitrogens with zero attached hydrogens (tertiary/aromatic N) is 2. The van der Waals surface area contributed by atoms with Gasteiger partial charge in [-0.05, 0) is 36.4 Å². The Morgan fingerprint density at radius 3 is 2.59 bits per heavy atom. The van der Waals surface area contributed by atoms with Crippen LogP contribution in [0.5, 0.6) is 17.2 Å². The van der Waals surface area contributed by atoms with E-state index < -0.39 is 5.82 Å². The molecule has 1 aliphatic rings. The number of hydrogen-bond donors (Lipinski definition) is 0. The molecule has 4 aromatic rings. The number of ether oxygens (including phenoxy) is 3. The summed E-state index contributed by atoms with van der Waals surface area (Å²) in [6, 6.07) is 18.5. The molecule has 0 spiro atoms. The first kappa shape index (κ1) is 22.0. The number of fused-ring (bicyclic) bond motifs is 2. The zero-order valence-corrected chi connectivity index (χ0v) is 19.0. The van der Waals surface area contributed by atoms with E-state index in [4.69, 9.17) is 25.8 Å². The molecule has 1 amide bonds. The highest BCUT2D eigenvalue weighted by molar-refractivity contribution is 6.30. The Balaban J connectivity index is 1.53. The fourth-order valence-electron chi connectivity index (χ4n) is 3.94. The third kappa shape index (κ3) is 4.34. The number of amides is 1. The van der Waals surface area contributed by atoms with Crippen LogP contribution in [-0.4, -0.2) is 29.7 Å². The lowest BCUT2D eigenvalue weighted by Crippen LogP contribution is -2.30. The van der Waals surface area contributed by atoms with Crippen LogP contribution in [0, 0.1) is 5.82 Å². The Bertz CT molecular complexity index is 1390.